The molecule has 2 aromatic rings. The van der Waals surface area contributed by atoms with E-state index in [4.69, 9.17) is 4.42 Å². The Balaban J connectivity index is 1.55. The summed E-state index contributed by atoms with van der Waals surface area (Å²) in [7, 11) is 0. The highest BCUT2D eigenvalue weighted by Crippen LogP contribution is 2.33. The maximum atomic E-state index is 5.30. The van der Waals surface area contributed by atoms with Crippen molar-refractivity contribution in [2.75, 3.05) is 13.1 Å². The number of hydrogen-bond donors (Lipinski definition) is 2. The third kappa shape index (κ3) is 3.27. The van der Waals surface area contributed by atoms with Gasteiger partial charge in [0.05, 0.1) is 6.26 Å². The van der Waals surface area contributed by atoms with Crippen LogP contribution in [0.25, 0.3) is 0 Å². The summed E-state index contributed by atoms with van der Waals surface area (Å²) in [5, 5.41) is 6.69. The van der Waals surface area contributed by atoms with Gasteiger partial charge in [0, 0.05) is 19.0 Å². The molecule has 1 aromatic carbocycles. The van der Waals surface area contributed by atoms with Crippen molar-refractivity contribution < 1.29 is 4.42 Å². The predicted molar refractivity (Wildman–Crippen MR) is 84.4 cm³/mol. The largest absolute Gasteiger partial charge is 0.467 e. The molecule has 1 aliphatic carbocycles. The smallest absolute Gasteiger partial charge is 0.191 e. The molecular weight excluding hydrogens is 262 g/mol. The molecule has 4 nitrogen and oxygen atoms in total. The van der Waals surface area contributed by atoms with Crippen molar-refractivity contribution in [2.24, 2.45) is 4.99 Å². The fourth-order valence-electron chi connectivity index (χ4n) is 2.67. The average molecular weight is 283 g/mol. The van der Waals surface area contributed by atoms with Crippen LogP contribution in [0.1, 0.15) is 29.7 Å². The molecule has 3 rings (SSSR count). The van der Waals surface area contributed by atoms with Gasteiger partial charge in [0.1, 0.15) is 12.3 Å². The van der Waals surface area contributed by atoms with Crippen LogP contribution >= 0.6 is 0 Å². The van der Waals surface area contributed by atoms with Gasteiger partial charge in [-0.3, -0.25) is 0 Å². The Morgan fingerprint density at radius 3 is 2.90 bits per heavy atom. The zero-order valence-electron chi connectivity index (χ0n) is 12.3. The van der Waals surface area contributed by atoms with Crippen LogP contribution in [0.5, 0.6) is 0 Å². The number of furan rings is 1. The van der Waals surface area contributed by atoms with Gasteiger partial charge in [0.15, 0.2) is 5.96 Å². The van der Waals surface area contributed by atoms with Crippen molar-refractivity contribution >= 4 is 5.96 Å². The van der Waals surface area contributed by atoms with E-state index in [1.54, 1.807) is 6.26 Å². The zero-order chi connectivity index (χ0) is 14.5. The molecule has 21 heavy (non-hydrogen) atoms. The summed E-state index contributed by atoms with van der Waals surface area (Å²) in [6, 6.07) is 12.5. The Morgan fingerprint density at radius 1 is 1.24 bits per heavy atom. The lowest BCUT2D eigenvalue weighted by molar-refractivity contribution is 0.511. The SMILES string of the molecule is CCNC(=NCc1ccco1)NCC1Cc2ccccc21. The minimum atomic E-state index is 0.559. The van der Waals surface area contributed by atoms with E-state index >= 15 is 0 Å². The number of hydrogen-bond acceptors (Lipinski definition) is 2. The highest BCUT2D eigenvalue weighted by molar-refractivity contribution is 5.79. The molecule has 0 amide bonds. The molecule has 1 aliphatic rings. The molecule has 0 saturated carbocycles. The number of guanidine groups is 1. The molecule has 0 spiro atoms. The van der Waals surface area contributed by atoms with Gasteiger partial charge in [-0.25, -0.2) is 4.99 Å². The summed E-state index contributed by atoms with van der Waals surface area (Å²) in [5.74, 6) is 2.31. The van der Waals surface area contributed by atoms with Gasteiger partial charge in [-0.1, -0.05) is 24.3 Å². The van der Waals surface area contributed by atoms with E-state index in [2.05, 4.69) is 46.8 Å². The number of benzene rings is 1. The van der Waals surface area contributed by atoms with Gasteiger partial charge in [0.2, 0.25) is 0 Å². The van der Waals surface area contributed by atoms with Crippen LogP contribution in [0.15, 0.2) is 52.1 Å². The summed E-state index contributed by atoms with van der Waals surface area (Å²) in [5.41, 5.74) is 2.94. The molecule has 0 fully saturated rings. The minimum Gasteiger partial charge on any atom is -0.467 e. The van der Waals surface area contributed by atoms with Crippen molar-refractivity contribution in [3.63, 3.8) is 0 Å². The first-order valence-electron chi connectivity index (χ1n) is 7.49. The minimum absolute atomic E-state index is 0.559. The maximum absolute atomic E-state index is 5.30. The van der Waals surface area contributed by atoms with Gasteiger partial charge in [-0.2, -0.15) is 0 Å². The molecule has 0 saturated heterocycles. The molecular formula is C17H21N3O. The fourth-order valence-corrected chi connectivity index (χ4v) is 2.67. The Kier molecular flexibility index (Phi) is 4.24. The predicted octanol–water partition coefficient (Wildman–Crippen LogP) is 2.67. The van der Waals surface area contributed by atoms with Crippen molar-refractivity contribution in [2.45, 2.75) is 25.8 Å². The van der Waals surface area contributed by atoms with Crippen LogP contribution in [0.3, 0.4) is 0 Å². The van der Waals surface area contributed by atoms with Gasteiger partial charge in [-0.15, -0.1) is 0 Å². The first-order chi connectivity index (χ1) is 10.4. The van der Waals surface area contributed by atoms with Crippen LogP contribution < -0.4 is 10.6 Å². The van der Waals surface area contributed by atoms with E-state index in [9.17, 15) is 0 Å². The Bertz CT molecular complexity index is 604. The number of nitrogens with zero attached hydrogens (tertiary/aromatic N) is 1. The highest BCUT2D eigenvalue weighted by atomic mass is 16.3. The lowest BCUT2D eigenvalue weighted by atomic mass is 9.78. The van der Waals surface area contributed by atoms with Crippen molar-refractivity contribution in [1.29, 1.82) is 0 Å². The molecule has 2 N–H and O–H groups in total. The van der Waals surface area contributed by atoms with E-state index in [1.807, 2.05) is 12.1 Å². The second-order valence-electron chi connectivity index (χ2n) is 5.26. The topological polar surface area (TPSA) is 49.6 Å². The summed E-state index contributed by atoms with van der Waals surface area (Å²) in [4.78, 5) is 4.54. The van der Waals surface area contributed by atoms with Crippen LogP contribution in [0.4, 0.5) is 0 Å². The number of nitrogens with one attached hydrogen (secondary N) is 2. The van der Waals surface area contributed by atoms with Crippen molar-refractivity contribution in [3.8, 4) is 0 Å². The number of rotatable bonds is 5. The first kappa shape index (κ1) is 13.7. The second-order valence-corrected chi connectivity index (χ2v) is 5.26. The molecule has 110 valence electrons. The van der Waals surface area contributed by atoms with E-state index in [0.29, 0.717) is 12.5 Å². The van der Waals surface area contributed by atoms with Crippen LogP contribution in [0.2, 0.25) is 0 Å². The lowest BCUT2D eigenvalue weighted by Crippen LogP contribution is -2.41. The number of aliphatic imine (C=N–C) groups is 1. The van der Waals surface area contributed by atoms with Crippen LogP contribution in [0, 0.1) is 0 Å². The molecule has 0 aliphatic heterocycles. The quantitative estimate of drug-likeness (QED) is 0.655. The molecule has 4 heteroatoms. The van der Waals surface area contributed by atoms with Gasteiger partial charge < -0.3 is 15.1 Å². The third-order valence-corrected chi connectivity index (χ3v) is 3.79. The Labute approximate surface area is 125 Å². The standard InChI is InChI=1S/C17H21N3O/c1-2-18-17(20-12-15-7-5-9-21-15)19-11-14-10-13-6-3-4-8-16(13)14/h3-9,14H,2,10-12H2,1H3,(H2,18,19,20). The monoisotopic (exact) mass is 283 g/mol. The summed E-state index contributed by atoms with van der Waals surface area (Å²) >= 11 is 0. The molecule has 1 aromatic heterocycles. The average Bonchev–Trinajstić information content (AvgIpc) is 2.99. The molecule has 1 heterocycles. The molecule has 1 atom stereocenters. The second kappa shape index (κ2) is 6.48. The van der Waals surface area contributed by atoms with Gasteiger partial charge in [0.25, 0.3) is 0 Å². The van der Waals surface area contributed by atoms with E-state index in [1.165, 1.54) is 11.1 Å². The molecule has 0 bridgehead atoms. The van der Waals surface area contributed by atoms with Crippen LogP contribution in [-0.4, -0.2) is 19.0 Å². The van der Waals surface area contributed by atoms with Crippen molar-refractivity contribution in [3.05, 3.63) is 59.5 Å². The third-order valence-electron chi connectivity index (χ3n) is 3.79. The van der Waals surface area contributed by atoms with Crippen molar-refractivity contribution in [1.82, 2.24) is 10.6 Å². The lowest BCUT2D eigenvalue weighted by Gasteiger charge is -2.30. The van der Waals surface area contributed by atoms with Gasteiger partial charge >= 0.3 is 0 Å². The summed E-state index contributed by atoms with van der Waals surface area (Å²) in [6.45, 7) is 4.40. The summed E-state index contributed by atoms with van der Waals surface area (Å²) in [6.07, 6.45) is 2.83. The molecule has 0 radical (unpaired) electrons. The maximum Gasteiger partial charge on any atom is 0.191 e. The normalized spacial score (nSPS) is 17.0. The molecule has 1 unspecified atom stereocenters. The van der Waals surface area contributed by atoms with E-state index in [0.717, 1.165) is 31.2 Å². The van der Waals surface area contributed by atoms with Gasteiger partial charge in [-0.05, 0) is 36.6 Å². The van der Waals surface area contributed by atoms with E-state index in [-0.39, 0.29) is 0 Å². The van der Waals surface area contributed by atoms with E-state index < -0.39 is 0 Å². The highest BCUT2D eigenvalue weighted by Gasteiger charge is 2.25. The first-order valence-corrected chi connectivity index (χ1v) is 7.49. The Hall–Kier alpha value is -2.23. The Morgan fingerprint density at radius 2 is 2.14 bits per heavy atom. The van der Waals surface area contributed by atoms with Crippen LogP contribution in [-0.2, 0) is 13.0 Å². The fraction of sp³-hybridized carbons (Fsp3) is 0.353. The number of fused-ring (bicyclic) bond motifs is 1. The summed E-state index contributed by atoms with van der Waals surface area (Å²) < 4.78 is 5.30. The zero-order valence-corrected chi connectivity index (χ0v) is 12.3.